The number of carboxylic acids is 1. The van der Waals surface area contributed by atoms with Crippen LogP contribution in [0.4, 0.5) is 0 Å². The average Bonchev–Trinajstić information content (AvgIpc) is 2.62. The topological polar surface area (TPSA) is 99.1 Å². The molecular weight excluding hydrogens is 268 g/mol. The zero-order valence-corrected chi connectivity index (χ0v) is 9.46. The predicted molar refractivity (Wildman–Crippen MR) is 66.7 cm³/mol. The van der Waals surface area contributed by atoms with Gasteiger partial charge in [-0.3, -0.25) is 13.9 Å². The van der Waals surface area contributed by atoms with Crippen molar-refractivity contribution in [1.82, 2.24) is 18.7 Å². The average molecular weight is 280 g/mol. The van der Waals surface area contributed by atoms with Crippen LogP contribution in [0.3, 0.4) is 0 Å². The maximum absolute atomic E-state index is 11.9. The second-order valence-corrected chi connectivity index (χ2v) is 3.68. The Morgan fingerprint density at radius 2 is 1.67 bits per heavy atom. The molecule has 0 fully saturated rings. The number of aryl methyl sites for hydroxylation is 2. The van der Waals surface area contributed by atoms with Crippen molar-refractivity contribution in [1.29, 1.82) is 0 Å². The van der Waals surface area contributed by atoms with Crippen molar-refractivity contribution in [3.05, 3.63) is 26.7 Å². The van der Waals surface area contributed by atoms with Crippen LogP contribution in [0.25, 0.3) is 11.2 Å². The summed E-state index contributed by atoms with van der Waals surface area (Å²) < 4.78 is 3.22. The molecular formula is C9H12CaN4O4. The van der Waals surface area contributed by atoms with E-state index in [1.54, 1.807) is 0 Å². The molecule has 9 heteroatoms. The Labute approximate surface area is 130 Å². The first kappa shape index (κ1) is 14.9. The zero-order valence-electron chi connectivity index (χ0n) is 9.46. The Hall–Kier alpha value is -1.12. The zero-order chi connectivity index (χ0) is 12.9. The van der Waals surface area contributed by atoms with E-state index in [1.807, 2.05) is 0 Å². The van der Waals surface area contributed by atoms with E-state index in [1.165, 1.54) is 25.7 Å². The molecule has 0 aliphatic heterocycles. The molecule has 0 saturated heterocycles. The van der Waals surface area contributed by atoms with E-state index < -0.39 is 17.2 Å². The van der Waals surface area contributed by atoms with Gasteiger partial charge in [0.05, 0.1) is 0 Å². The second-order valence-electron chi connectivity index (χ2n) is 3.68. The maximum atomic E-state index is 11.9. The van der Waals surface area contributed by atoms with Crippen LogP contribution in [0.2, 0.25) is 0 Å². The van der Waals surface area contributed by atoms with Crippen molar-refractivity contribution in [3.63, 3.8) is 0 Å². The predicted octanol–water partition coefficient (Wildman–Crippen LogP) is -2.25. The van der Waals surface area contributed by atoms with Crippen LogP contribution in [0, 0.1) is 0 Å². The number of aromatic carboxylic acids is 1. The molecule has 8 nitrogen and oxygen atoms in total. The molecule has 0 aromatic carbocycles. The van der Waals surface area contributed by atoms with E-state index in [-0.39, 0.29) is 54.7 Å². The first-order chi connectivity index (χ1) is 7.86. The Kier molecular flexibility index (Phi) is 4.04. The van der Waals surface area contributed by atoms with Gasteiger partial charge in [0.1, 0.15) is 0 Å². The second kappa shape index (κ2) is 4.87. The number of nitrogens with zero attached hydrogens (tertiary/aromatic N) is 4. The van der Waals surface area contributed by atoms with Gasteiger partial charge < -0.3 is 9.67 Å². The molecule has 0 bridgehead atoms. The molecule has 2 aromatic rings. The fraction of sp³-hybridized carbons (Fsp3) is 0.333. The van der Waals surface area contributed by atoms with Crippen molar-refractivity contribution in [3.8, 4) is 0 Å². The quantitative estimate of drug-likeness (QED) is 0.595. The summed E-state index contributed by atoms with van der Waals surface area (Å²) in [4.78, 5) is 38.2. The van der Waals surface area contributed by atoms with E-state index in [0.717, 1.165) is 9.13 Å². The molecule has 0 amide bonds. The molecule has 94 valence electrons. The Morgan fingerprint density at radius 3 is 2.17 bits per heavy atom. The van der Waals surface area contributed by atoms with Gasteiger partial charge in [0.2, 0.25) is 5.82 Å². The van der Waals surface area contributed by atoms with Crippen molar-refractivity contribution in [2.24, 2.45) is 21.1 Å². The number of carbonyl (C=O) groups is 1. The SMILES string of the molecule is Cn1c(=O)c2c(nc(C(=O)O)n2C)n(C)c1=O.[CaH2]. The third-order valence-electron chi connectivity index (χ3n) is 2.67. The summed E-state index contributed by atoms with van der Waals surface area (Å²) in [7, 11) is 4.19. The third kappa shape index (κ3) is 1.90. The van der Waals surface area contributed by atoms with Gasteiger partial charge in [-0.2, -0.15) is 0 Å². The molecule has 1 N–H and O–H groups in total. The monoisotopic (exact) mass is 280 g/mol. The number of aromatic nitrogens is 4. The van der Waals surface area contributed by atoms with Crippen molar-refractivity contribution >= 4 is 54.9 Å². The molecule has 0 aliphatic carbocycles. The van der Waals surface area contributed by atoms with Crippen LogP contribution in [0.15, 0.2) is 9.59 Å². The summed E-state index contributed by atoms with van der Waals surface area (Å²) in [6.45, 7) is 0. The van der Waals surface area contributed by atoms with Gasteiger partial charge >= 0.3 is 49.4 Å². The minimum absolute atomic E-state index is 0. The Balaban J connectivity index is 0.00000162. The fourth-order valence-electron chi connectivity index (χ4n) is 1.71. The van der Waals surface area contributed by atoms with Crippen LogP contribution in [0.5, 0.6) is 0 Å². The summed E-state index contributed by atoms with van der Waals surface area (Å²) in [6.07, 6.45) is 0. The Morgan fingerprint density at radius 1 is 1.11 bits per heavy atom. The summed E-state index contributed by atoms with van der Waals surface area (Å²) in [5, 5.41) is 8.91. The molecule has 2 rings (SSSR count). The van der Waals surface area contributed by atoms with Gasteiger partial charge in [0.15, 0.2) is 11.2 Å². The van der Waals surface area contributed by atoms with Crippen LogP contribution in [-0.4, -0.2) is 67.5 Å². The first-order valence-electron chi connectivity index (χ1n) is 4.72. The molecule has 2 aromatic heterocycles. The normalized spacial score (nSPS) is 10.4. The molecule has 0 spiro atoms. The van der Waals surface area contributed by atoms with Crippen LogP contribution >= 0.6 is 0 Å². The first-order valence-corrected chi connectivity index (χ1v) is 4.72. The molecule has 18 heavy (non-hydrogen) atoms. The van der Waals surface area contributed by atoms with E-state index >= 15 is 0 Å². The van der Waals surface area contributed by atoms with Crippen LogP contribution in [0.1, 0.15) is 10.6 Å². The molecule has 0 radical (unpaired) electrons. The Bertz CT molecular complexity index is 754. The van der Waals surface area contributed by atoms with Crippen molar-refractivity contribution in [2.75, 3.05) is 0 Å². The number of fused-ring (bicyclic) bond motifs is 1. The van der Waals surface area contributed by atoms with Crippen molar-refractivity contribution < 1.29 is 9.90 Å². The summed E-state index contributed by atoms with van der Waals surface area (Å²) in [6, 6.07) is 0. The van der Waals surface area contributed by atoms with Gasteiger partial charge in [-0.25, -0.2) is 14.6 Å². The minimum atomic E-state index is -1.25. The third-order valence-corrected chi connectivity index (χ3v) is 2.67. The summed E-state index contributed by atoms with van der Waals surface area (Å²) >= 11 is 0. The van der Waals surface area contributed by atoms with Gasteiger partial charge in [0, 0.05) is 21.1 Å². The molecule has 0 saturated carbocycles. The number of rotatable bonds is 1. The van der Waals surface area contributed by atoms with Crippen LogP contribution < -0.4 is 11.2 Å². The molecule has 0 atom stereocenters. The van der Waals surface area contributed by atoms with Gasteiger partial charge in [-0.05, 0) is 0 Å². The molecule has 0 unspecified atom stereocenters. The van der Waals surface area contributed by atoms with E-state index in [9.17, 15) is 14.4 Å². The summed E-state index contributed by atoms with van der Waals surface area (Å²) in [5.41, 5.74) is -0.951. The van der Waals surface area contributed by atoms with Crippen molar-refractivity contribution in [2.45, 2.75) is 0 Å². The number of imidazole rings is 1. The summed E-state index contributed by atoms with van der Waals surface area (Å²) in [5.74, 6) is -1.53. The van der Waals surface area contributed by atoms with Gasteiger partial charge in [0.25, 0.3) is 5.56 Å². The number of hydrogen-bond acceptors (Lipinski definition) is 4. The molecule has 2 heterocycles. The number of carboxylic acid groups (broad SMARTS) is 1. The van der Waals surface area contributed by atoms with E-state index in [4.69, 9.17) is 5.11 Å². The number of hydrogen-bond donors (Lipinski definition) is 1. The van der Waals surface area contributed by atoms with Gasteiger partial charge in [-0.1, -0.05) is 0 Å². The van der Waals surface area contributed by atoms with Gasteiger partial charge in [-0.15, -0.1) is 0 Å². The standard InChI is InChI=1S/C9H10N4O4.Ca.2H/c1-11-4-5(10-6(11)8(15)16)12(2)9(17)13(3)7(4)14;;;/h1-3H3,(H,15,16);;;. The van der Waals surface area contributed by atoms with E-state index in [0.29, 0.717) is 0 Å². The fourth-order valence-corrected chi connectivity index (χ4v) is 1.71. The molecule has 0 aliphatic rings. The van der Waals surface area contributed by atoms with E-state index in [2.05, 4.69) is 4.98 Å². The van der Waals surface area contributed by atoms with Crippen LogP contribution in [-0.2, 0) is 21.1 Å².